The first-order chi connectivity index (χ1) is 7.61. The highest BCUT2D eigenvalue weighted by Gasteiger charge is 2.28. The summed E-state index contributed by atoms with van der Waals surface area (Å²) in [5.41, 5.74) is 1.85. The maximum absolute atomic E-state index is 11.5. The summed E-state index contributed by atoms with van der Waals surface area (Å²) in [5.74, 6) is -0.467. The van der Waals surface area contributed by atoms with Gasteiger partial charge in [-0.05, 0) is 6.07 Å². The molecule has 0 saturated carbocycles. The molecule has 2 rings (SSSR count). The minimum atomic E-state index is -0.466. The third kappa shape index (κ3) is 1.62. The van der Waals surface area contributed by atoms with Crippen molar-refractivity contribution in [2.75, 3.05) is 25.6 Å². The topological polar surface area (TPSA) is 49.8 Å². The van der Waals surface area contributed by atoms with Gasteiger partial charge in [0.15, 0.2) is 0 Å². The van der Waals surface area contributed by atoms with E-state index in [4.69, 9.17) is 4.74 Å². The highest BCUT2D eigenvalue weighted by molar-refractivity contribution is 6.20. The molecule has 84 valence electrons. The minimum Gasteiger partial charge on any atom is -0.508 e. The first-order valence-corrected chi connectivity index (χ1v) is 4.97. The zero-order valence-corrected chi connectivity index (χ0v) is 9.23. The van der Waals surface area contributed by atoms with E-state index in [2.05, 4.69) is 0 Å². The lowest BCUT2D eigenvalue weighted by Gasteiger charge is -2.16. The molecule has 4 heteroatoms. The second-order valence-electron chi connectivity index (χ2n) is 3.81. The molecule has 16 heavy (non-hydrogen) atoms. The third-order valence-electron chi connectivity index (χ3n) is 2.49. The van der Waals surface area contributed by atoms with Gasteiger partial charge in [0.2, 0.25) is 0 Å². The molecule has 1 heterocycles. The number of anilines is 1. The summed E-state index contributed by atoms with van der Waals surface area (Å²) in [6.45, 7) is -0.0318. The lowest BCUT2D eigenvalue weighted by Crippen LogP contribution is -2.12. The molecule has 0 aromatic heterocycles. The number of hydrogen-bond acceptors (Lipinski definition) is 4. The number of aliphatic hydroxyl groups excluding tert-OH is 1. The number of nitrogens with zero attached hydrogens (tertiary/aromatic N) is 1. The van der Waals surface area contributed by atoms with E-state index in [1.165, 1.54) is 0 Å². The Hall–Kier alpha value is -1.97. The quantitative estimate of drug-likeness (QED) is 0.767. The average Bonchev–Trinajstić information content (AvgIpc) is 2.58. The molecular formula is C12H13NO3. The molecule has 1 N–H and O–H groups in total. The molecule has 1 aliphatic rings. The fraction of sp³-hybridized carbons (Fsp3) is 0.250. The van der Waals surface area contributed by atoms with Crippen molar-refractivity contribution >= 4 is 17.2 Å². The van der Waals surface area contributed by atoms with Gasteiger partial charge in [0.25, 0.3) is 0 Å². The van der Waals surface area contributed by atoms with Crippen LogP contribution in [0.5, 0.6) is 0 Å². The molecule has 0 spiro atoms. The molecule has 1 aliphatic heterocycles. The van der Waals surface area contributed by atoms with Crippen molar-refractivity contribution in [3.8, 4) is 0 Å². The molecular weight excluding hydrogens is 206 g/mol. The SMILES string of the molecule is CN(C)c1ccccc1C1=C(O)COC1=O. The average molecular weight is 219 g/mol. The van der Waals surface area contributed by atoms with E-state index in [-0.39, 0.29) is 17.9 Å². The Balaban J connectivity index is 2.56. The van der Waals surface area contributed by atoms with Crippen LogP contribution in [0, 0.1) is 0 Å². The van der Waals surface area contributed by atoms with Crippen molar-refractivity contribution in [3.05, 3.63) is 35.6 Å². The maximum Gasteiger partial charge on any atom is 0.342 e. The Kier molecular flexibility index (Phi) is 2.56. The maximum atomic E-state index is 11.5. The number of benzene rings is 1. The standard InChI is InChI=1S/C12H13NO3/c1-13(2)9-6-4-3-5-8(9)11-10(14)7-16-12(11)15/h3-6,14H,7H2,1-2H3. The number of ether oxygens (including phenoxy) is 1. The van der Waals surface area contributed by atoms with E-state index in [0.717, 1.165) is 5.69 Å². The number of aliphatic hydroxyl groups is 1. The van der Waals surface area contributed by atoms with Gasteiger partial charge in [0.05, 0.1) is 0 Å². The van der Waals surface area contributed by atoms with Crippen molar-refractivity contribution < 1.29 is 14.6 Å². The first kappa shape index (κ1) is 10.5. The number of carbonyl (C=O) groups is 1. The summed E-state index contributed by atoms with van der Waals surface area (Å²) < 4.78 is 4.79. The number of esters is 1. The normalized spacial score (nSPS) is 15.2. The van der Waals surface area contributed by atoms with Crippen molar-refractivity contribution in [1.82, 2.24) is 0 Å². The van der Waals surface area contributed by atoms with Crippen LogP contribution in [-0.2, 0) is 9.53 Å². The van der Waals surface area contributed by atoms with Gasteiger partial charge in [-0.15, -0.1) is 0 Å². The van der Waals surface area contributed by atoms with Crippen LogP contribution in [0.15, 0.2) is 30.0 Å². The van der Waals surface area contributed by atoms with Crippen LogP contribution in [-0.4, -0.2) is 31.8 Å². The van der Waals surface area contributed by atoms with Crippen molar-refractivity contribution in [2.24, 2.45) is 0 Å². The van der Waals surface area contributed by atoms with E-state index >= 15 is 0 Å². The molecule has 0 unspecified atom stereocenters. The van der Waals surface area contributed by atoms with Crippen LogP contribution in [0.25, 0.3) is 5.57 Å². The van der Waals surface area contributed by atoms with E-state index in [1.807, 2.05) is 37.2 Å². The Labute approximate surface area is 93.8 Å². The largest absolute Gasteiger partial charge is 0.508 e. The summed E-state index contributed by atoms with van der Waals surface area (Å²) >= 11 is 0. The molecule has 0 saturated heterocycles. The smallest absolute Gasteiger partial charge is 0.342 e. The van der Waals surface area contributed by atoms with E-state index in [1.54, 1.807) is 6.07 Å². The summed E-state index contributed by atoms with van der Waals surface area (Å²) in [6, 6.07) is 7.40. The Morgan fingerprint density at radius 3 is 2.56 bits per heavy atom. The number of hydrogen-bond donors (Lipinski definition) is 1. The highest BCUT2D eigenvalue weighted by Crippen LogP contribution is 2.31. The molecule has 4 nitrogen and oxygen atoms in total. The Bertz CT molecular complexity index is 463. The van der Waals surface area contributed by atoms with Crippen LogP contribution < -0.4 is 4.90 Å². The summed E-state index contributed by atoms with van der Waals surface area (Å²) in [5, 5.41) is 9.63. The Morgan fingerprint density at radius 2 is 2.00 bits per heavy atom. The highest BCUT2D eigenvalue weighted by atomic mass is 16.5. The predicted octanol–water partition coefficient (Wildman–Crippen LogP) is 1.58. The second-order valence-corrected chi connectivity index (χ2v) is 3.81. The molecule has 0 amide bonds. The van der Waals surface area contributed by atoms with Crippen LogP contribution in [0.4, 0.5) is 5.69 Å². The summed E-state index contributed by atoms with van der Waals surface area (Å²) in [7, 11) is 3.77. The number of para-hydroxylation sites is 1. The fourth-order valence-corrected chi connectivity index (χ4v) is 1.74. The van der Waals surface area contributed by atoms with Crippen LogP contribution in [0.1, 0.15) is 5.56 Å². The van der Waals surface area contributed by atoms with E-state index in [0.29, 0.717) is 5.56 Å². The predicted molar refractivity (Wildman–Crippen MR) is 61.3 cm³/mol. The minimum absolute atomic E-state index is 0.000648. The molecule has 1 aromatic carbocycles. The fourth-order valence-electron chi connectivity index (χ4n) is 1.74. The molecule has 0 aliphatic carbocycles. The zero-order chi connectivity index (χ0) is 11.7. The van der Waals surface area contributed by atoms with Gasteiger partial charge >= 0.3 is 5.97 Å². The van der Waals surface area contributed by atoms with Crippen molar-refractivity contribution in [1.29, 1.82) is 0 Å². The molecule has 0 fully saturated rings. The molecule has 0 atom stereocenters. The van der Waals surface area contributed by atoms with Crippen LogP contribution in [0.3, 0.4) is 0 Å². The van der Waals surface area contributed by atoms with Gasteiger partial charge in [-0.3, -0.25) is 0 Å². The number of rotatable bonds is 2. The molecule has 0 bridgehead atoms. The lowest BCUT2D eigenvalue weighted by atomic mass is 10.0. The van der Waals surface area contributed by atoms with Crippen LogP contribution >= 0.6 is 0 Å². The van der Waals surface area contributed by atoms with Crippen molar-refractivity contribution in [3.63, 3.8) is 0 Å². The zero-order valence-electron chi connectivity index (χ0n) is 9.23. The van der Waals surface area contributed by atoms with Gasteiger partial charge < -0.3 is 14.7 Å². The van der Waals surface area contributed by atoms with Gasteiger partial charge in [0, 0.05) is 25.3 Å². The van der Waals surface area contributed by atoms with E-state index in [9.17, 15) is 9.90 Å². The van der Waals surface area contributed by atoms with E-state index < -0.39 is 5.97 Å². The first-order valence-electron chi connectivity index (χ1n) is 4.97. The van der Waals surface area contributed by atoms with Gasteiger partial charge in [-0.1, -0.05) is 18.2 Å². The summed E-state index contributed by atoms with van der Waals surface area (Å²) in [4.78, 5) is 13.4. The van der Waals surface area contributed by atoms with Gasteiger partial charge in [-0.25, -0.2) is 4.79 Å². The lowest BCUT2D eigenvalue weighted by molar-refractivity contribution is -0.134. The number of carbonyl (C=O) groups excluding carboxylic acids is 1. The van der Waals surface area contributed by atoms with Crippen molar-refractivity contribution in [2.45, 2.75) is 0 Å². The second kappa shape index (κ2) is 3.89. The summed E-state index contributed by atoms with van der Waals surface area (Å²) in [6.07, 6.45) is 0. The van der Waals surface area contributed by atoms with Gasteiger partial charge in [-0.2, -0.15) is 0 Å². The molecule has 1 aromatic rings. The monoisotopic (exact) mass is 219 g/mol. The third-order valence-corrected chi connectivity index (χ3v) is 2.49. The van der Waals surface area contributed by atoms with Crippen LogP contribution in [0.2, 0.25) is 0 Å². The van der Waals surface area contributed by atoms with Gasteiger partial charge in [0.1, 0.15) is 17.9 Å². The Morgan fingerprint density at radius 1 is 1.31 bits per heavy atom. The number of cyclic esters (lactones) is 1. The molecule has 0 radical (unpaired) electrons.